The van der Waals surface area contributed by atoms with Gasteiger partial charge in [-0.1, -0.05) is 18.2 Å². The Labute approximate surface area is 125 Å². The highest BCUT2D eigenvalue weighted by atomic mass is 31.2. The Balaban J connectivity index is 3.13. The first-order valence-electron chi connectivity index (χ1n) is 6.90. The van der Waals surface area contributed by atoms with E-state index >= 15 is 0 Å². The second-order valence-electron chi connectivity index (χ2n) is 3.98. The fourth-order valence-corrected chi connectivity index (χ4v) is 3.51. The van der Waals surface area contributed by atoms with Gasteiger partial charge in [0.1, 0.15) is 0 Å². The highest BCUT2D eigenvalue weighted by Crippen LogP contribution is 2.47. The molecule has 0 saturated heterocycles. The van der Waals surface area contributed by atoms with Crippen LogP contribution >= 0.6 is 7.60 Å². The molecular weight excluding hydrogens is 291 g/mol. The van der Waals surface area contributed by atoms with E-state index in [1.807, 2.05) is 0 Å². The van der Waals surface area contributed by atoms with E-state index in [0.717, 1.165) is 0 Å². The second-order valence-corrected chi connectivity index (χ2v) is 5.97. The average molecular weight is 312 g/mol. The zero-order chi connectivity index (χ0) is 15.7. The van der Waals surface area contributed by atoms with Gasteiger partial charge in [-0.2, -0.15) is 0 Å². The van der Waals surface area contributed by atoms with Crippen molar-refractivity contribution in [2.75, 3.05) is 19.8 Å². The van der Waals surface area contributed by atoms with Gasteiger partial charge in [0, 0.05) is 6.08 Å². The van der Waals surface area contributed by atoms with Crippen LogP contribution in [0.25, 0.3) is 6.08 Å². The minimum absolute atomic E-state index is 0.271. The number of hydrogen-bond donors (Lipinski definition) is 0. The maximum Gasteiger partial charge on any atom is 0.361 e. The first-order valence-corrected chi connectivity index (χ1v) is 8.45. The molecule has 0 atom stereocenters. The molecule has 6 heteroatoms. The van der Waals surface area contributed by atoms with Crippen molar-refractivity contribution in [1.82, 2.24) is 0 Å². The van der Waals surface area contributed by atoms with Crippen molar-refractivity contribution in [3.63, 3.8) is 0 Å². The van der Waals surface area contributed by atoms with Crippen molar-refractivity contribution in [3.8, 4) is 0 Å². The molecule has 0 aliphatic rings. The second kappa shape index (κ2) is 8.78. The van der Waals surface area contributed by atoms with Crippen LogP contribution in [0.4, 0.5) is 0 Å². The zero-order valence-corrected chi connectivity index (χ0v) is 13.5. The minimum atomic E-state index is -3.39. The van der Waals surface area contributed by atoms with Gasteiger partial charge in [-0.15, -0.1) is 0 Å². The van der Waals surface area contributed by atoms with Crippen molar-refractivity contribution in [1.29, 1.82) is 0 Å². The summed E-state index contributed by atoms with van der Waals surface area (Å²) in [6, 6.07) is 6.96. The monoisotopic (exact) mass is 312 g/mol. The van der Waals surface area contributed by atoms with E-state index in [4.69, 9.17) is 13.8 Å². The Kier molecular flexibility index (Phi) is 7.37. The summed E-state index contributed by atoms with van der Waals surface area (Å²) in [5.41, 5.74) is 0.607. The Morgan fingerprint density at radius 3 is 2.29 bits per heavy atom. The van der Waals surface area contributed by atoms with Gasteiger partial charge in [0.05, 0.1) is 25.1 Å². The van der Waals surface area contributed by atoms with Crippen LogP contribution in [-0.2, 0) is 23.1 Å². The SMILES string of the molecule is CCOC(=O)C=Cc1ccccc1P(=O)(OCC)OCC. The normalized spacial score (nSPS) is 11.8. The van der Waals surface area contributed by atoms with Gasteiger partial charge >= 0.3 is 13.6 Å². The molecule has 116 valence electrons. The number of ether oxygens (including phenoxy) is 1. The van der Waals surface area contributed by atoms with E-state index in [0.29, 0.717) is 17.5 Å². The molecule has 1 rings (SSSR count). The summed E-state index contributed by atoms with van der Waals surface area (Å²) in [7, 11) is -3.39. The summed E-state index contributed by atoms with van der Waals surface area (Å²) in [6.45, 7) is 6.09. The molecule has 0 heterocycles. The molecule has 0 aliphatic heterocycles. The summed E-state index contributed by atoms with van der Waals surface area (Å²) in [5.74, 6) is -0.449. The molecule has 0 spiro atoms. The lowest BCUT2D eigenvalue weighted by atomic mass is 10.2. The van der Waals surface area contributed by atoms with E-state index in [-0.39, 0.29) is 13.2 Å². The van der Waals surface area contributed by atoms with Crippen LogP contribution < -0.4 is 5.30 Å². The van der Waals surface area contributed by atoms with Gasteiger partial charge in [-0.3, -0.25) is 4.57 Å². The number of benzene rings is 1. The maximum absolute atomic E-state index is 12.8. The molecule has 0 radical (unpaired) electrons. The molecule has 0 aromatic heterocycles. The van der Waals surface area contributed by atoms with Crippen LogP contribution in [0.5, 0.6) is 0 Å². The minimum Gasteiger partial charge on any atom is -0.463 e. The summed E-state index contributed by atoms with van der Waals surface area (Å²) >= 11 is 0. The maximum atomic E-state index is 12.8. The first-order chi connectivity index (χ1) is 10.1. The van der Waals surface area contributed by atoms with Crippen molar-refractivity contribution in [3.05, 3.63) is 35.9 Å². The van der Waals surface area contributed by atoms with Crippen LogP contribution in [-0.4, -0.2) is 25.8 Å². The van der Waals surface area contributed by atoms with Crippen LogP contribution in [0.15, 0.2) is 30.3 Å². The van der Waals surface area contributed by atoms with Crippen molar-refractivity contribution in [2.45, 2.75) is 20.8 Å². The third-order valence-electron chi connectivity index (χ3n) is 2.52. The standard InChI is InChI=1S/C15H21O5P/c1-4-18-15(16)12-11-13-9-7-8-10-14(13)21(17,19-5-2)20-6-3/h7-12H,4-6H2,1-3H3. The van der Waals surface area contributed by atoms with Gasteiger partial charge in [0.2, 0.25) is 0 Å². The molecule has 0 N–H and O–H groups in total. The number of carbonyl (C=O) groups is 1. The fourth-order valence-electron chi connectivity index (χ4n) is 1.74. The van der Waals surface area contributed by atoms with Gasteiger partial charge in [-0.25, -0.2) is 4.79 Å². The summed E-state index contributed by atoms with van der Waals surface area (Å²) < 4.78 is 28.3. The number of rotatable bonds is 8. The average Bonchev–Trinajstić information content (AvgIpc) is 2.46. The first kappa shape index (κ1) is 17.6. The molecule has 0 amide bonds. The highest BCUT2D eigenvalue weighted by molar-refractivity contribution is 7.62. The third kappa shape index (κ3) is 5.12. The lowest BCUT2D eigenvalue weighted by Crippen LogP contribution is -2.13. The zero-order valence-electron chi connectivity index (χ0n) is 12.6. The van der Waals surface area contributed by atoms with Crippen LogP contribution in [0.1, 0.15) is 26.3 Å². The highest BCUT2D eigenvalue weighted by Gasteiger charge is 2.28. The molecular formula is C15H21O5P. The Hall–Kier alpha value is -1.42. The topological polar surface area (TPSA) is 61.8 Å². The van der Waals surface area contributed by atoms with Crippen molar-refractivity contribution in [2.24, 2.45) is 0 Å². The molecule has 0 bridgehead atoms. The predicted octanol–water partition coefficient (Wildman–Crippen LogP) is 3.15. The molecule has 1 aromatic rings. The van der Waals surface area contributed by atoms with Crippen LogP contribution in [0.3, 0.4) is 0 Å². The van der Waals surface area contributed by atoms with E-state index in [1.54, 1.807) is 51.1 Å². The molecule has 0 aliphatic carbocycles. The summed E-state index contributed by atoms with van der Waals surface area (Å²) in [5, 5.41) is 0.439. The lowest BCUT2D eigenvalue weighted by molar-refractivity contribution is -0.137. The van der Waals surface area contributed by atoms with Gasteiger partial charge < -0.3 is 13.8 Å². The van der Waals surface area contributed by atoms with Gasteiger partial charge in [-0.05, 0) is 38.5 Å². The van der Waals surface area contributed by atoms with Gasteiger partial charge in [0.15, 0.2) is 0 Å². The van der Waals surface area contributed by atoms with Crippen molar-refractivity contribution < 1.29 is 23.1 Å². The summed E-state index contributed by atoms with van der Waals surface area (Å²) in [4.78, 5) is 11.4. The molecule has 1 aromatic carbocycles. The smallest absolute Gasteiger partial charge is 0.361 e. The molecule has 5 nitrogen and oxygen atoms in total. The largest absolute Gasteiger partial charge is 0.463 e. The number of esters is 1. The number of hydrogen-bond acceptors (Lipinski definition) is 5. The molecule has 21 heavy (non-hydrogen) atoms. The predicted molar refractivity (Wildman–Crippen MR) is 82.6 cm³/mol. The quantitative estimate of drug-likeness (QED) is 0.419. The van der Waals surface area contributed by atoms with E-state index in [1.165, 1.54) is 6.08 Å². The number of carbonyl (C=O) groups excluding carboxylic acids is 1. The lowest BCUT2D eigenvalue weighted by Gasteiger charge is -2.18. The Morgan fingerprint density at radius 2 is 1.71 bits per heavy atom. The van der Waals surface area contributed by atoms with Crippen molar-refractivity contribution >= 4 is 24.9 Å². The van der Waals surface area contributed by atoms with E-state index in [9.17, 15) is 9.36 Å². The Morgan fingerprint density at radius 1 is 1.10 bits per heavy atom. The van der Waals surface area contributed by atoms with Crippen LogP contribution in [0.2, 0.25) is 0 Å². The fraction of sp³-hybridized carbons (Fsp3) is 0.400. The Bertz CT molecular complexity index is 529. The summed E-state index contributed by atoms with van der Waals surface area (Å²) in [6.07, 6.45) is 2.85. The van der Waals surface area contributed by atoms with E-state index in [2.05, 4.69) is 0 Å². The molecule has 0 fully saturated rings. The van der Waals surface area contributed by atoms with Gasteiger partial charge in [0.25, 0.3) is 0 Å². The molecule has 0 saturated carbocycles. The third-order valence-corrected chi connectivity index (χ3v) is 4.71. The van der Waals surface area contributed by atoms with E-state index < -0.39 is 13.6 Å². The molecule has 0 unspecified atom stereocenters. The van der Waals surface area contributed by atoms with Crippen LogP contribution in [0, 0.1) is 0 Å².